The largest absolute Gasteiger partial charge is 0.381 e. The van der Waals surface area contributed by atoms with Gasteiger partial charge in [-0.1, -0.05) is 46.0 Å². The summed E-state index contributed by atoms with van der Waals surface area (Å²) >= 11 is 4.98. The lowest BCUT2D eigenvalue weighted by Crippen LogP contribution is -2.33. The molecule has 0 bridgehead atoms. The Bertz CT molecular complexity index is 210. The van der Waals surface area contributed by atoms with Crippen molar-refractivity contribution in [3.63, 3.8) is 0 Å². The number of unbranched alkanes of at least 4 members (excludes halogenated alkanes) is 4. The van der Waals surface area contributed by atoms with E-state index in [0.717, 1.165) is 32.1 Å². The summed E-state index contributed by atoms with van der Waals surface area (Å²) in [5, 5.41) is 6.70. The maximum absolute atomic E-state index is 5.59. The molecule has 0 radical (unpaired) electrons. The second kappa shape index (κ2) is 14.1. The highest BCUT2D eigenvalue weighted by atomic mass is 32.1. The Balaban J connectivity index is 3.01. The molecule has 0 aliphatic heterocycles. The standard InChI is InChI=1S/C15H32N2OS/c1-14(2)10-7-5-4-6-8-12-18-13-9-11-17-15(19)16-3/h14H,4-13H2,1-3H3,(H2,16,17,19). The van der Waals surface area contributed by atoms with Crippen molar-refractivity contribution in [3.05, 3.63) is 0 Å². The zero-order chi connectivity index (χ0) is 14.3. The number of ether oxygens (including phenoxy) is 1. The Morgan fingerprint density at radius 1 is 1.00 bits per heavy atom. The van der Waals surface area contributed by atoms with Crippen LogP contribution in [0.4, 0.5) is 0 Å². The fraction of sp³-hybridized carbons (Fsp3) is 0.933. The summed E-state index contributed by atoms with van der Waals surface area (Å²) in [6, 6.07) is 0. The normalized spacial score (nSPS) is 10.7. The molecule has 0 aliphatic carbocycles. The highest BCUT2D eigenvalue weighted by Crippen LogP contribution is 2.10. The number of hydrogen-bond acceptors (Lipinski definition) is 2. The third-order valence-corrected chi connectivity index (χ3v) is 3.40. The minimum atomic E-state index is 0.710. The Morgan fingerprint density at radius 3 is 2.32 bits per heavy atom. The second-order valence-electron chi connectivity index (χ2n) is 5.42. The third kappa shape index (κ3) is 15.6. The van der Waals surface area contributed by atoms with Gasteiger partial charge in [0.25, 0.3) is 0 Å². The molecule has 19 heavy (non-hydrogen) atoms. The molecule has 0 rings (SSSR count). The summed E-state index contributed by atoms with van der Waals surface area (Å²) in [5.74, 6) is 0.854. The molecule has 4 heteroatoms. The van der Waals surface area contributed by atoms with Crippen molar-refractivity contribution in [2.24, 2.45) is 5.92 Å². The predicted molar refractivity (Wildman–Crippen MR) is 87.6 cm³/mol. The number of rotatable bonds is 12. The summed E-state index contributed by atoms with van der Waals surface area (Å²) in [6.07, 6.45) is 9.01. The van der Waals surface area contributed by atoms with Crippen LogP contribution in [0.25, 0.3) is 0 Å². The van der Waals surface area contributed by atoms with E-state index in [1.165, 1.54) is 38.5 Å². The average Bonchev–Trinajstić information content (AvgIpc) is 2.39. The van der Waals surface area contributed by atoms with Gasteiger partial charge in [0.15, 0.2) is 5.11 Å². The molecule has 2 N–H and O–H groups in total. The first kappa shape index (κ1) is 18.7. The van der Waals surface area contributed by atoms with E-state index in [0.29, 0.717) is 5.11 Å². The Labute approximate surface area is 124 Å². The summed E-state index contributed by atoms with van der Waals surface area (Å²) in [4.78, 5) is 0. The van der Waals surface area contributed by atoms with Crippen LogP contribution in [-0.4, -0.2) is 31.9 Å². The van der Waals surface area contributed by atoms with Crippen LogP contribution in [0.3, 0.4) is 0 Å². The minimum Gasteiger partial charge on any atom is -0.381 e. The molecular formula is C15H32N2OS. The van der Waals surface area contributed by atoms with Crippen LogP contribution in [0.15, 0.2) is 0 Å². The van der Waals surface area contributed by atoms with Crippen LogP contribution in [0.5, 0.6) is 0 Å². The van der Waals surface area contributed by atoms with Gasteiger partial charge in [-0.3, -0.25) is 0 Å². The Morgan fingerprint density at radius 2 is 1.63 bits per heavy atom. The topological polar surface area (TPSA) is 33.3 Å². The van der Waals surface area contributed by atoms with Crippen molar-refractivity contribution < 1.29 is 4.74 Å². The molecule has 0 saturated heterocycles. The van der Waals surface area contributed by atoms with Crippen molar-refractivity contribution >= 4 is 17.3 Å². The molecule has 0 aromatic carbocycles. The lowest BCUT2D eigenvalue weighted by molar-refractivity contribution is 0.128. The predicted octanol–water partition coefficient (Wildman–Crippen LogP) is 3.48. The molecular weight excluding hydrogens is 256 g/mol. The van der Waals surface area contributed by atoms with E-state index in [-0.39, 0.29) is 0 Å². The molecule has 0 heterocycles. The maximum atomic E-state index is 5.59. The Kier molecular flexibility index (Phi) is 13.8. The molecule has 0 spiro atoms. The molecule has 0 amide bonds. The monoisotopic (exact) mass is 288 g/mol. The second-order valence-corrected chi connectivity index (χ2v) is 5.83. The van der Waals surface area contributed by atoms with Gasteiger partial charge >= 0.3 is 0 Å². The summed E-state index contributed by atoms with van der Waals surface area (Å²) in [7, 11) is 1.83. The SMILES string of the molecule is CNC(=S)NCCCOCCCCCCCC(C)C. The van der Waals surface area contributed by atoms with E-state index < -0.39 is 0 Å². The molecule has 0 aromatic heterocycles. The van der Waals surface area contributed by atoms with Crippen molar-refractivity contribution in [2.45, 2.75) is 58.8 Å². The van der Waals surface area contributed by atoms with Crippen molar-refractivity contribution in [1.82, 2.24) is 10.6 Å². The van der Waals surface area contributed by atoms with Gasteiger partial charge in [0.2, 0.25) is 0 Å². The fourth-order valence-corrected chi connectivity index (χ4v) is 1.96. The van der Waals surface area contributed by atoms with Crippen molar-refractivity contribution in [2.75, 3.05) is 26.8 Å². The van der Waals surface area contributed by atoms with E-state index in [4.69, 9.17) is 17.0 Å². The van der Waals surface area contributed by atoms with Crippen LogP contribution in [0.2, 0.25) is 0 Å². The first-order valence-electron chi connectivity index (χ1n) is 7.70. The van der Waals surface area contributed by atoms with Crippen LogP contribution in [0.1, 0.15) is 58.8 Å². The Hall–Kier alpha value is -0.350. The molecule has 114 valence electrons. The molecule has 3 nitrogen and oxygen atoms in total. The molecule has 0 aromatic rings. The van der Waals surface area contributed by atoms with E-state index in [9.17, 15) is 0 Å². The number of thiocarbonyl (C=S) groups is 1. The quantitative estimate of drug-likeness (QED) is 0.425. The van der Waals surface area contributed by atoms with E-state index >= 15 is 0 Å². The average molecular weight is 289 g/mol. The van der Waals surface area contributed by atoms with Crippen LogP contribution in [-0.2, 0) is 4.74 Å². The smallest absolute Gasteiger partial charge is 0.166 e. The molecule has 0 unspecified atom stereocenters. The fourth-order valence-electron chi connectivity index (χ4n) is 1.85. The third-order valence-electron chi connectivity index (χ3n) is 3.05. The van der Waals surface area contributed by atoms with Gasteiger partial charge in [-0.15, -0.1) is 0 Å². The lowest BCUT2D eigenvalue weighted by atomic mass is 10.0. The molecule has 0 fully saturated rings. The van der Waals surface area contributed by atoms with Crippen molar-refractivity contribution in [1.29, 1.82) is 0 Å². The summed E-state index contributed by atoms with van der Waals surface area (Å²) in [5.41, 5.74) is 0. The summed E-state index contributed by atoms with van der Waals surface area (Å²) in [6.45, 7) is 7.21. The van der Waals surface area contributed by atoms with Gasteiger partial charge in [-0.2, -0.15) is 0 Å². The van der Waals surface area contributed by atoms with Gasteiger partial charge in [-0.05, 0) is 31.0 Å². The van der Waals surface area contributed by atoms with Gasteiger partial charge in [0, 0.05) is 26.8 Å². The first-order valence-corrected chi connectivity index (χ1v) is 8.11. The van der Waals surface area contributed by atoms with Gasteiger partial charge in [0.1, 0.15) is 0 Å². The van der Waals surface area contributed by atoms with Gasteiger partial charge in [0.05, 0.1) is 0 Å². The van der Waals surface area contributed by atoms with Crippen LogP contribution in [0, 0.1) is 5.92 Å². The lowest BCUT2D eigenvalue weighted by Gasteiger charge is -2.07. The number of nitrogens with one attached hydrogen (secondary N) is 2. The zero-order valence-electron chi connectivity index (χ0n) is 13.0. The van der Waals surface area contributed by atoms with Gasteiger partial charge in [-0.25, -0.2) is 0 Å². The highest BCUT2D eigenvalue weighted by Gasteiger charge is 1.95. The van der Waals surface area contributed by atoms with E-state index in [1.54, 1.807) is 0 Å². The first-order chi connectivity index (χ1) is 9.16. The zero-order valence-corrected chi connectivity index (χ0v) is 13.8. The van der Waals surface area contributed by atoms with Crippen molar-refractivity contribution in [3.8, 4) is 0 Å². The van der Waals surface area contributed by atoms with Crippen LogP contribution < -0.4 is 10.6 Å². The highest BCUT2D eigenvalue weighted by molar-refractivity contribution is 7.80. The minimum absolute atomic E-state index is 0.710. The molecule has 0 aliphatic rings. The van der Waals surface area contributed by atoms with E-state index in [2.05, 4.69) is 24.5 Å². The summed E-state index contributed by atoms with van der Waals surface area (Å²) < 4.78 is 5.59. The molecule has 0 saturated carbocycles. The maximum Gasteiger partial charge on any atom is 0.166 e. The van der Waals surface area contributed by atoms with Crippen LogP contribution >= 0.6 is 12.2 Å². The number of hydrogen-bond donors (Lipinski definition) is 2. The van der Waals surface area contributed by atoms with Gasteiger partial charge < -0.3 is 15.4 Å². The molecule has 0 atom stereocenters. The van der Waals surface area contributed by atoms with E-state index in [1.807, 2.05) is 7.05 Å².